The predicted molar refractivity (Wildman–Crippen MR) is 78.6 cm³/mol. The first-order valence-corrected chi connectivity index (χ1v) is 9.16. The topological polar surface area (TPSA) is 46.2 Å². The molecule has 0 fully saturated rings. The molecule has 0 aromatic rings. The van der Waals surface area contributed by atoms with Gasteiger partial charge < -0.3 is 5.32 Å². The summed E-state index contributed by atoms with van der Waals surface area (Å²) >= 11 is 1.76. The fourth-order valence-electron chi connectivity index (χ4n) is 1.24. The molecule has 1 N–H and O–H groups in total. The summed E-state index contributed by atoms with van der Waals surface area (Å²) in [5, 5.41) is 3.95. The van der Waals surface area contributed by atoms with Gasteiger partial charge in [-0.05, 0) is 26.7 Å². The fraction of sp³-hybridized carbons (Fsp3) is 1.00. The molecule has 1 atom stereocenters. The van der Waals surface area contributed by atoms with Crippen LogP contribution in [0, 0.1) is 5.92 Å². The molecule has 0 rings (SSSR count). The van der Waals surface area contributed by atoms with Gasteiger partial charge in [0.1, 0.15) is 9.84 Å². The molecular formula is C12H27NO2S2. The Labute approximate surface area is 111 Å². The molecule has 5 heteroatoms. The third-order valence-electron chi connectivity index (χ3n) is 2.36. The molecule has 104 valence electrons. The average Bonchev–Trinajstić information content (AvgIpc) is 2.06. The Bertz CT molecular complexity index is 305. The maximum atomic E-state index is 11.1. The second kappa shape index (κ2) is 7.00. The molecule has 0 aliphatic heterocycles. The van der Waals surface area contributed by atoms with Gasteiger partial charge in [0.15, 0.2) is 0 Å². The van der Waals surface area contributed by atoms with E-state index in [4.69, 9.17) is 0 Å². The van der Waals surface area contributed by atoms with Crippen LogP contribution in [0.15, 0.2) is 0 Å². The highest BCUT2D eigenvalue weighted by molar-refractivity contribution is 8.01. The molecule has 1 unspecified atom stereocenters. The molecule has 0 aliphatic rings. The van der Waals surface area contributed by atoms with Crippen LogP contribution >= 0.6 is 11.8 Å². The van der Waals surface area contributed by atoms with Crippen LogP contribution in [0.1, 0.15) is 34.6 Å². The van der Waals surface area contributed by atoms with Crippen molar-refractivity contribution >= 4 is 21.6 Å². The van der Waals surface area contributed by atoms with Gasteiger partial charge in [0, 0.05) is 29.3 Å². The van der Waals surface area contributed by atoms with E-state index in [0.717, 1.165) is 6.54 Å². The van der Waals surface area contributed by atoms with Gasteiger partial charge in [-0.1, -0.05) is 13.8 Å². The van der Waals surface area contributed by atoms with Crippen molar-refractivity contribution in [1.82, 2.24) is 5.32 Å². The Kier molecular flexibility index (Phi) is 7.11. The first kappa shape index (κ1) is 17.3. The summed E-state index contributed by atoms with van der Waals surface area (Å²) in [6.45, 7) is 11.7. The Morgan fingerprint density at radius 2 is 1.76 bits per heavy atom. The number of rotatable bonds is 7. The van der Waals surface area contributed by atoms with Crippen LogP contribution in [0.5, 0.6) is 0 Å². The van der Waals surface area contributed by atoms with Crippen molar-refractivity contribution < 1.29 is 8.42 Å². The first-order chi connectivity index (χ1) is 7.51. The van der Waals surface area contributed by atoms with E-state index in [1.807, 2.05) is 0 Å². The lowest BCUT2D eigenvalue weighted by molar-refractivity contribution is 0.408. The minimum absolute atomic E-state index is 0.116. The van der Waals surface area contributed by atoms with Gasteiger partial charge >= 0.3 is 0 Å². The minimum Gasteiger partial charge on any atom is -0.311 e. The van der Waals surface area contributed by atoms with E-state index in [1.165, 1.54) is 6.26 Å². The minimum atomic E-state index is -2.83. The number of hydrogen-bond donors (Lipinski definition) is 1. The van der Waals surface area contributed by atoms with Crippen molar-refractivity contribution in [1.29, 1.82) is 0 Å². The van der Waals surface area contributed by atoms with E-state index < -0.39 is 9.84 Å². The Morgan fingerprint density at radius 3 is 2.12 bits per heavy atom. The van der Waals surface area contributed by atoms with E-state index >= 15 is 0 Å². The van der Waals surface area contributed by atoms with Gasteiger partial charge in [-0.25, -0.2) is 8.42 Å². The zero-order chi connectivity index (χ0) is 13.7. The number of thioether (sulfide) groups is 1. The zero-order valence-electron chi connectivity index (χ0n) is 11.9. The average molecular weight is 281 g/mol. The maximum absolute atomic E-state index is 11.1. The van der Waals surface area contributed by atoms with Gasteiger partial charge in [-0.15, -0.1) is 0 Å². The molecule has 0 bridgehead atoms. The third-order valence-corrected chi connectivity index (χ3v) is 5.15. The zero-order valence-corrected chi connectivity index (χ0v) is 13.5. The molecule has 0 aromatic carbocycles. The quantitative estimate of drug-likeness (QED) is 0.777. The van der Waals surface area contributed by atoms with Gasteiger partial charge in [-0.3, -0.25) is 0 Å². The molecule has 17 heavy (non-hydrogen) atoms. The Balaban J connectivity index is 4.09. The van der Waals surface area contributed by atoms with Crippen molar-refractivity contribution in [2.24, 2.45) is 5.92 Å². The normalized spacial score (nSPS) is 15.2. The van der Waals surface area contributed by atoms with Crippen molar-refractivity contribution in [2.45, 2.75) is 45.4 Å². The van der Waals surface area contributed by atoms with E-state index in [1.54, 1.807) is 11.8 Å². The predicted octanol–water partition coefficient (Wildman–Crippen LogP) is 2.18. The fourth-order valence-corrected chi connectivity index (χ4v) is 3.73. The molecule has 0 saturated carbocycles. The van der Waals surface area contributed by atoms with Gasteiger partial charge in [0.2, 0.25) is 0 Å². The van der Waals surface area contributed by atoms with Crippen LogP contribution in [-0.2, 0) is 9.84 Å². The Morgan fingerprint density at radius 1 is 1.24 bits per heavy atom. The largest absolute Gasteiger partial charge is 0.311 e. The molecule has 0 radical (unpaired) electrons. The highest BCUT2D eigenvalue weighted by Gasteiger charge is 2.18. The van der Waals surface area contributed by atoms with Crippen LogP contribution < -0.4 is 5.32 Å². The van der Waals surface area contributed by atoms with Gasteiger partial charge in [0.05, 0.1) is 5.75 Å². The summed E-state index contributed by atoms with van der Waals surface area (Å²) in [5.41, 5.74) is 0.116. The summed E-state index contributed by atoms with van der Waals surface area (Å²) in [7, 11) is -2.83. The summed E-state index contributed by atoms with van der Waals surface area (Å²) < 4.78 is 22.1. The van der Waals surface area contributed by atoms with Gasteiger partial charge in [-0.2, -0.15) is 11.8 Å². The summed E-state index contributed by atoms with van der Waals surface area (Å²) in [6.07, 6.45) is 1.30. The molecule has 0 spiro atoms. The molecule has 3 nitrogen and oxygen atoms in total. The van der Waals surface area contributed by atoms with Crippen LogP contribution in [-0.4, -0.2) is 43.5 Å². The smallest absolute Gasteiger partial charge is 0.148 e. The SMILES string of the molecule is CC(C)C(CNC(C)(C)C)SCCS(C)(=O)=O. The monoisotopic (exact) mass is 281 g/mol. The van der Waals surface area contributed by atoms with Crippen molar-refractivity contribution in [3.05, 3.63) is 0 Å². The second-order valence-corrected chi connectivity index (χ2v) is 9.52. The van der Waals surface area contributed by atoms with Crippen LogP contribution in [0.25, 0.3) is 0 Å². The summed E-state index contributed by atoms with van der Waals surface area (Å²) in [4.78, 5) is 0. The first-order valence-electron chi connectivity index (χ1n) is 6.05. The number of hydrogen-bond acceptors (Lipinski definition) is 4. The third kappa shape index (κ3) is 11.1. The number of sulfone groups is 1. The molecule has 0 aromatic heterocycles. The molecule has 0 saturated heterocycles. The lowest BCUT2D eigenvalue weighted by atomic mass is 10.1. The molecule has 0 amide bonds. The van der Waals surface area contributed by atoms with E-state index in [0.29, 0.717) is 16.9 Å². The van der Waals surface area contributed by atoms with E-state index in [-0.39, 0.29) is 11.3 Å². The van der Waals surface area contributed by atoms with E-state index in [2.05, 4.69) is 39.9 Å². The molecular weight excluding hydrogens is 254 g/mol. The van der Waals surface area contributed by atoms with E-state index in [9.17, 15) is 8.42 Å². The van der Waals surface area contributed by atoms with Crippen LogP contribution in [0.2, 0.25) is 0 Å². The van der Waals surface area contributed by atoms with Crippen LogP contribution in [0.4, 0.5) is 0 Å². The lowest BCUT2D eigenvalue weighted by Crippen LogP contribution is -2.41. The number of nitrogens with one attached hydrogen (secondary N) is 1. The summed E-state index contributed by atoms with van der Waals surface area (Å²) in [5.74, 6) is 1.51. The molecule has 0 aliphatic carbocycles. The molecule has 0 heterocycles. The standard InChI is InChI=1S/C12H27NO2S2/c1-10(2)11(9-13-12(3,4)5)16-7-8-17(6,14)15/h10-11,13H,7-9H2,1-6H3. The van der Waals surface area contributed by atoms with Crippen molar-refractivity contribution in [3.8, 4) is 0 Å². The highest BCUT2D eigenvalue weighted by Crippen LogP contribution is 2.19. The summed E-state index contributed by atoms with van der Waals surface area (Å²) in [6, 6.07) is 0. The van der Waals surface area contributed by atoms with Gasteiger partial charge in [0.25, 0.3) is 0 Å². The maximum Gasteiger partial charge on any atom is 0.148 e. The van der Waals surface area contributed by atoms with Crippen molar-refractivity contribution in [3.63, 3.8) is 0 Å². The lowest BCUT2D eigenvalue weighted by Gasteiger charge is -2.27. The second-order valence-electron chi connectivity index (χ2n) is 5.91. The van der Waals surface area contributed by atoms with Crippen molar-refractivity contribution in [2.75, 3.05) is 24.3 Å². The highest BCUT2D eigenvalue weighted by atomic mass is 32.2. The Hall–Kier alpha value is 0.260. The van der Waals surface area contributed by atoms with Crippen LogP contribution in [0.3, 0.4) is 0 Å².